The molecule has 0 saturated carbocycles. The lowest BCUT2D eigenvalue weighted by Crippen LogP contribution is -2.21. The van der Waals surface area contributed by atoms with Gasteiger partial charge in [-0.3, -0.25) is 9.59 Å². The average Bonchev–Trinajstić information content (AvgIpc) is 2.75. The third-order valence-corrected chi connectivity index (χ3v) is 3.75. The van der Waals surface area contributed by atoms with E-state index in [1.807, 2.05) is 0 Å². The molecule has 150 valence electrons. The Kier molecular flexibility index (Phi) is 8.09. The second kappa shape index (κ2) is 10.5. The molecule has 2 unspecified atom stereocenters. The molecule has 28 heavy (non-hydrogen) atoms. The maximum absolute atomic E-state index is 12.4. The molecule has 0 aromatic heterocycles. The van der Waals surface area contributed by atoms with E-state index in [1.165, 1.54) is 48.5 Å². The van der Waals surface area contributed by atoms with E-state index >= 15 is 0 Å². The van der Waals surface area contributed by atoms with Crippen LogP contribution in [-0.4, -0.2) is 70.6 Å². The van der Waals surface area contributed by atoms with Gasteiger partial charge in [0.15, 0.2) is 0 Å². The predicted octanol–water partition coefficient (Wildman–Crippen LogP) is 0.216. The highest BCUT2D eigenvalue weighted by Gasteiger charge is 2.18. The molecular weight excluding hydrogens is 368 g/mol. The van der Waals surface area contributed by atoms with Gasteiger partial charge in [-0.25, -0.2) is 0 Å². The minimum absolute atomic E-state index is 0.0908. The summed E-state index contributed by atoms with van der Waals surface area (Å²) < 4.78 is 10.5. The average molecular weight is 390 g/mol. The molecule has 2 aromatic rings. The zero-order valence-electron chi connectivity index (χ0n) is 15.0. The van der Waals surface area contributed by atoms with Crippen LogP contribution in [0.1, 0.15) is 20.7 Å². The second-order valence-electron chi connectivity index (χ2n) is 6.00. The molecule has 0 fully saturated rings. The highest BCUT2D eigenvalue weighted by molar-refractivity contribution is 6.49. The number of carbonyl (C=O) groups is 2. The summed E-state index contributed by atoms with van der Waals surface area (Å²) in [5.74, 6) is -0.594. The number of hydrogen-bond acceptors (Lipinski definition) is 8. The Morgan fingerprint density at radius 3 is 1.29 bits per heavy atom. The monoisotopic (exact) mass is 390 g/mol. The van der Waals surface area contributed by atoms with Crippen molar-refractivity contribution in [1.29, 1.82) is 0 Å². The number of rotatable bonds is 11. The van der Waals surface area contributed by atoms with E-state index in [1.54, 1.807) is 0 Å². The number of benzene rings is 2. The lowest BCUT2D eigenvalue weighted by molar-refractivity contribution is 0.0536. The van der Waals surface area contributed by atoms with E-state index < -0.39 is 37.0 Å². The van der Waals surface area contributed by atoms with Gasteiger partial charge in [0.1, 0.15) is 36.9 Å². The van der Waals surface area contributed by atoms with E-state index in [-0.39, 0.29) is 24.3 Å². The van der Waals surface area contributed by atoms with Crippen LogP contribution in [0.5, 0.6) is 11.5 Å². The number of aliphatic hydroxyl groups is 4. The molecule has 8 heteroatoms. The van der Waals surface area contributed by atoms with Gasteiger partial charge in [-0.2, -0.15) is 0 Å². The highest BCUT2D eigenvalue weighted by atomic mass is 16.5. The summed E-state index contributed by atoms with van der Waals surface area (Å²) in [6, 6.07) is 11.7. The molecule has 0 spiro atoms. The van der Waals surface area contributed by atoms with Gasteiger partial charge in [0.25, 0.3) is 0 Å². The van der Waals surface area contributed by atoms with Crippen LogP contribution in [0.2, 0.25) is 0 Å². The van der Waals surface area contributed by atoms with Gasteiger partial charge in [-0.05, 0) is 48.5 Å². The molecule has 2 atom stereocenters. The third kappa shape index (κ3) is 6.14. The van der Waals surface area contributed by atoms with Crippen LogP contribution in [0.3, 0.4) is 0 Å². The van der Waals surface area contributed by atoms with Crippen LogP contribution in [-0.2, 0) is 0 Å². The molecule has 0 aliphatic carbocycles. The first-order valence-corrected chi connectivity index (χ1v) is 8.57. The summed E-state index contributed by atoms with van der Waals surface area (Å²) in [7, 11) is 0. The van der Waals surface area contributed by atoms with Crippen molar-refractivity contribution in [3.05, 3.63) is 59.7 Å². The minimum Gasteiger partial charge on any atom is -0.491 e. The summed E-state index contributed by atoms with van der Waals surface area (Å²) in [5, 5.41) is 36.0. The fourth-order valence-corrected chi connectivity index (χ4v) is 2.16. The van der Waals surface area contributed by atoms with Crippen LogP contribution in [0, 0.1) is 0 Å². The largest absolute Gasteiger partial charge is 0.491 e. The van der Waals surface area contributed by atoms with Crippen molar-refractivity contribution >= 4 is 11.6 Å². The maximum atomic E-state index is 12.4. The Balaban J connectivity index is 1.97. The van der Waals surface area contributed by atoms with Crippen LogP contribution >= 0.6 is 0 Å². The van der Waals surface area contributed by atoms with Crippen molar-refractivity contribution in [3.8, 4) is 11.5 Å². The Labute approximate surface area is 161 Å². The van der Waals surface area contributed by atoms with E-state index in [0.29, 0.717) is 11.5 Å². The summed E-state index contributed by atoms with van der Waals surface area (Å²) >= 11 is 0. The summed E-state index contributed by atoms with van der Waals surface area (Å²) in [6.07, 6.45) is -2.00. The number of carbonyl (C=O) groups excluding carboxylic acids is 2. The molecule has 0 saturated heterocycles. The molecule has 0 aliphatic rings. The second-order valence-corrected chi connectivity index (χ2v) is 6.00. The topological polar surface area (TPSA) is 134 Å². The van der Waals surface area contributed by atoms with E-state index in [2.05, 4.69) is 0 Å². The molecule has 0 aliphatic heterocycles. The van der Waals surface area contributed by atoms with Gasteiger partial charge < -0.3 is 29.9 Å². The zero-order chi connectivity index (χ0) is 20.5. The van der Waals surface area contributed by atoms with Crippen molar-refractivity contribution in [2.24, 2.45) is 0 Å². The first-order chi connectivity index (χ1) is 13.4. The third-order valence-electron chi connectivity index (χ3n) is 3.75. The van der Waals surface area contributed by atoms with Crippen molar-refractivity contribution in [3.63, 3.8) is 0 Å². The van der Waals surface area contributed by atoms with Crippen LogP contribution in [0.25, 0.3) is 0 Å². The number of ether oxygens (including phenoxy) is 2. The van der Waals surface area contributed by atoms with Gasteiger partial charge in [0, 0.05) is 11.1 Å². The quantitative estimate of drug-likeness (QED) is 0.316. The molecule has 0 amide bonds. The molecule has 4 N–H and O–H groups in total. The highest BCUT2D eigenvalue weighted by Crippen LogP contribution is 2.17. The lowest BCUT2D eigenvalue weighted by atomic mass is 10.0. The standard InChI is InChI=1S/C20H22O8/c21-9-15(23)11-27-17-5-1-13(2-6-17)19(25)20(26)14-3-7-18(8-4-14)28-12-16(24)10-22/h1-8,15-16,21-24H,9-12H2. The molecule has 2 aromatic carbocycles. The molecule has 0 radical (unpaired) electrons. The van der Waals surface area contributed by atoms with Crippen LogP contribution in [0.4, 0.5) is 0 Å². The van der Waals surface area contributed by atoms with Crippen molar-refractivity contribution in [1.82, 2.24) is 0 Å². The fraction of sp³-hybridized carbons (Fsp3) is 0.300. The first kappa shape index (κ1) is 21.5. The van der Waals surface area contributed by atoms with Gasteiger partial charge >= 0.3 is 0 Å². The van der Waals surface area contributed by atoms with Gasteiger partial charge in [-0.1, -0.05) is 0 Å². The Bertz CT molecular complexity index is 702. The van der Waals surface area contributed by atoms with Crippen molar-refractivity contribution < 1.29 is 39.5 Å². The Morgan fingerprint density at radius 2 is 1.00 bits per heavy atom. The Morgan fingerprint density at radius 1 is 0.679 bits per heavy atom. The van der Waals surface area contributed by atoms with Gasteiger partial charge in [0.05, 0.1) is 13.2 Å². The minimum atomic E-state index is -0.998. The van der Waals surface area contributed by atoms with E-state index in [9.17, 15) is 19.8 Å². The van der Waals surface area contributed by atoms with Gasteiger partial charge in [0.2, 0.25) is 11.6 Å². The van der Waals surface area contributed by atoms with Crippen molar-refractivity contribution in [2.45, 2.75) is 12.2 Å². The molecule has 8 nitrogen and oxygen atoms in total. The first-order valence-electron chi connectivity index (χ1n) is 8.57. The van der Waals surface area contributed by atoms with Gasteiger partial charge in [-0.15, -0.1) is 0 Å². The SMILES string of the molecule is O=C(C(=O)c1ccc(OCC(O)CO)cc1)c1ccc(OCC(O)CO)cc1. The molecular formula is C20H22O8. The molecule has 0 heterocycles. The fourth-order valence-electron chi connectivity index (χ4n) is 2.16. The van der Waals surface area contributed by atoms with E-state index in [0.717, 1.165) is 0 Å². The number of Topliss-reactive ketones (excluding diaryl/α,β-unsaturated/α-hetero) is 2. The Hall–Kier alpha value is -2.78. The number of hydrogen-bond donors (Lipinski definition) is 4. The zero-order valence-corrected chi connectivity index (χ0v) is 15.0. The molecule has 0 bridgehead atoms. The van der Waals surface area contributed by atoms with Crippen LogP contribution < -0.4 is 9.47 Å². The lowest BCUT2D eigenvalue weighted by Gasteiger charge is -2.10. The van der Waals surface area contributed by atoms with Crippen molar-refractivity contribution in [2.75, 3.05) is 26.4 Å². The maximum Gasteiger partial charge on any atom is 0.233 e. The predicted molar refractivity (Wildman–Crippen MR) is 98.7 cm³/mol. The normalized spacial score (nSPS) is 12.9. The summed E-state index contributed by atoms with van der Waals surface area (Å²) in [5.41, 5.74) is 0.373. The number of aliphatic hydroxyl groups excluding tert-OH is 4. The van der Waals surface area contributed by atoms with Crippen LogP contribution in [0.15, 0.2) is 48.5 Å². The molecule has 2 rings (SSSR count). The van der Waals surface area contributed by atoms with E-state index in [4.69, 9.17) is 19.7 Å². The smallest absolute Gasteiger partial charge is 0.233 e. The number of ketones is 2. The summed E-state index contributed by atoms with van der Waals surface area (Å²) in [4.78, 5) is 24.7. The summed E-state index contributed by atoms with van der Waals surface area (Å²) in [6.45, 7) is -1.02.